The van der Waals surface area contributed by atoms with E-state index in [9.17, 15) is 9.59 Å². The average molecular weight is 1000 g/mol. The van der Waals surface area contributed by atoms with Gasteiger partial charge in [-0.2, -0.15) is 0 Å². The van der Waals surface area contributed by atoms with Gasteiger partial charge in [0.05, 0.1) is 0 Å². The summed E-state index contributed by atoms with van der Waals surface area (Å²) in [7, 11) is 0. The molecule has 0 bridgehead atoms. The third-order valence-electron chi connectivity index (χ3n) is 12.6. The van der Waals surface area contributed by atoms with Gasteiger partial charge in [0.15, 0.2) is 0 Å². The van der Waals surface area contributed by atoms with Crippen LogP contribution in [0.2, 0.25) is 8.87 Å². The molecule has 0 fully saturated rings. The Hall–Kier alpha value is 0.439. The van der Waals surface area contributed by atoms with Crippen molar-refractivity contribution in [1.82, 2.24) is 0 Å². The Morgan fingerprint density at radius 1 is 0.295 bits per heavy atom. The molecule has 0 aliphatic heterocycles. The van der Waals surface area contributed by atoms with Crippen molar-refractivity contribution in [2.45, 2.75) is 306 Å². The zero-order valence-corrected chi connectivity index (χ0v) is 46.4. The van der Waals surface area contributed by atoms with Crippen molar-refractivity contribution in [2.24, 2.45) is 0 Å². The van der Waals surface area contributed by atoms with Crippen LogP contribution in [0.1, 0.15) is 297 Å². The third-order valence-corrected chi connectivity index (χ3v) is 24.5. The number of unbranched alkanes of at least 4 members (excludes halogenated alkanes) is 38. The third kappa shape index (κ3) is 46.8. The molecule has 0 saturated heterocycles. The molecule has 0 aliphatic carbocycles. The van der Waals surface area contributed by atoms with Gasteiger partial charge in [0.2, 0.25) is 0 Å². The molecule has 0 aliphatic rings. The quantitative estimate of drug-likeness (QED) is 0.0447. The molecule has 0 aromatic rings. The molecular weight excluding hydrogens is 895 g/mol. The molecule has 0 spiro atoms. The molecular formula is C54H108O4S2Sn. The summed E-state index contributed by atoms with van der Waals surface area (Å²) < 4.78 is 14.9. The smallest absolute Gasteiger partial charge is 0.0654 e. The Morgan fingerprint density at radius 3 is 0.721 bits per heavy atom. The number of carbonyl (C=O) groups is 2. The fourth-order valence-corrected chi connectivity index (χ4v) is 20.1. The van der Waals surface area contributed by atoms with Gasteiger partial charge in [-0.05, 0) is 0 Å². The maximum absolute atomic E-state index is 13.6. The van der Waals surface area contributed by atoms with E-state index in [1.807, 2.05) is 0 Å². The van der Waals surface area contributed by atoms with Crippen molar-refractivity contribution in [3.05, 3.63) is 0 Å². The van der Waals surface area contributed by atoms with E-state index in [0.29, 0.717) is 11.5 Å². The number of thioether (sulfide) groups is 2. The van der Waals surface area contributed by atoms with Gasteiger partial charge in [-0.25, -0.2) is 0 Å². The van der Waals surface area contributed by atoms with Crippen molar-refractivity contribution in [2.75, 3.05) is 23.0 Å². The molecule has 7 heteroatoms. The van der Waals surface area contributed by atoms with Gasteiger partial charge in [0.1, 0.15) is 0 Å². The van der Waals surface area contributed by atoms with E-state index in [0.717, 1.165) is 46.1 Å². The van der Waals surface area contributed by atoms with E-state index in [1.54, 1.807) is 23.5 Å². The minimum Gasteiger partial charge on any atom is -0.0654 e. The first-order valence-electron chi connectivity index (χ1n) is 27.6. The van der Waals surface area contributed by atoms with E-state index in [-0.39, 0.29) is 11.9 Å². The van der Waals surface area contributed by atoms with Gasteiger partial charge < -0.3 is 0 Å². The van der Waals surface area contributed by atoms with E-state index >= 15 is 0 Å². The van der Waals surface area contributed by atoms with Crippen LogP contribution in [0.15, 0.2) is 0 Å². The van der Waals surface area contributed by atoms with E-state index in [2.05, 4.69) is 27.7 Å². The van der Waals surface area contributed by atoms with Gasteiger partial charge in [0, 0.05) is 0 Å². The predicted molar refractivity (Wildman–Crippen MR) is 279 cm³/mol. The Morgan fingerprint density at radius 2 is 0.492 bits per heavy atom. The predicted octanol–water partition coefficient (Wildman–Crippen LogP) is 19.4. The second kappa shape index (κ2) is 51.4. The second-order valence-corrected chi connectivity index (χ2v) is 30.3. The van der Waals surface area contributed by atoms with Crippen molar-refractivity contribution < 1.29 is 15.7 Å². The Labute approximate surface area is 397 Å². The van der Waals surface area contributed by atoms with Crippen LogP contribution in [-0.4, -0.2) is 54.2 Å². The van der Waals surface area contributed by atoms with Crippen molar-refractivity contribution in [3.63, 3.8) is 0 Å². The first kappa shape index (κ1) is 61.4. The summed E-state index contributed by atoms with van der Waals surface area (Å²) in [5, 5.41) is 0. The van der Waals surface area contributed by atoms with Crippen LogP contribution < -0.4 is 0 Å². The molecule has 0 heterocycles. The first-order valence-corrected chi connectivity index (χ1v) is 36.3. The summed E-state index contributed by atoms with van der Waals surface area (Å²) in [6.45, 7) is 9.14. The number of rotatable bonds is 52. The van der Waals surface area contributed by atoms with Crippen LogP contribution in [0, 0.1) is 0 Å². The van der Waals surface area contributed by atoms with E-state index in [1.165, 1.54) is 244 Å². The molecule has 0 N–H and O–H groups in total. The zero-order valence-electron chi connectivity index (χ0n) is 41.9. The molecule has 0 aromatic heterocycles. The molecule has 61 heavy (non-hydrogen) atoms. The van der Waals surface area contributed by atoms with Crippen LogP contribution >= 0.6 is 23.5 Å². The Bertz CT molecular complexity index is 819. The van der Waals surface area contributed by atoms with Crippen LogP contribution in [0.4, 0.5) is 0 Å². The molecule has 364 valence electrons. The minimum absolute atomic E-state index is 0.107. The van der Waals surface area contributed by atoms with Crippen LogP contribution in [0.5, 0.6) is 0 Å². The van der Waals surface area contributed by atoms with Gasteiger partial charge in [-0.1, -0.05) is 65.2 Å². The van der Waals surface area contributed by atoms with Crippen LogP contribution in [0.3, 0.4) is 0 Å². The molecule has 0 radical (unpaired) electrons. The molecule has 4 nitrogen and oxygen atoms in total. The van der Waals surface area contributed by atoms with Gasteiger partial charge >= 0.3 is 334 Å². The average Bonchev–Trinajstić information content (AvgIpc) is 3.25. The normalized spacial score (nSPS) is 11.7. The zero-order chi connectivity index (χ0) is 44.4. The molecule has 0 atom stereocenters. The summed E-state index contributed by atoms with van der Waals surface area (Å²) in [6, 6.07) is 0. The fourth-order valence-electron chi connectivity index (χ4n) is 8.64. The topological polar surface area (TPSA) is 52.6 Å². The van der Waals surface area contributed by atoms with Crippen molar-refractivity contribution >= 4 is 54.7 Å². The van der Waals surface area contributed by atoms with Crippen molar-refractivity contribution in [3.8, 4) is 0 Å². The Kier molecular flexibility index (Phi) is 51.8. The second-order valence-electron chi connectivity index (χ2n) is 18.9. The monoisotopic (exact) mass is 1000 g/mol. The standard InChI is InChI=1S/2C15H30O2S.2C12H25.Sn/c2*1-2-3-4-5-6-7-8-9-10-11-12-13-18-14-15(16)17;2*1-3-5-7-9-11-12-10-8-6-4-2;/h2*2-14H2,1H3,(H,16,17);2*1,3-12H2,2H3;/q;;;;+2/p-2. The van der Waals surface area contributed by atoms with Gasteiger partial charge in [-0.15, -0.1) is 0 Å². The maximum atomic E-state index is 13.6. The SMILES string of the molecule is CCCCCCCCCCCCCSCC(=O)[O][Sn]([CH2]CCCCCCCCCCC)([CH2]CCCCCCCCCCC)[O]C(=O)CSCCCCCCCCCCCCC. The molecule has 0 rings (SSSR count). The Balaban J connectivity index is 5.12. The number of hydrogen-bond donors (Lipinski definition) is 0. The van der Waals surface area contributed by atoms with Crippen molar-refractivity contribution in [1.29, 1.82) is 0 Å². The number of hydrogen-bond acceptors (Lipinski definition) is 6. The van der Waals surface area contributed by atoms with E-state index in [4.69, 9.17) is 6.15 Å². The molecule has 0 unspecified atom stereocenters. The molecule has 0 aromatic carbocycles. The first-order chi connectivity index (χ1) is 30.0. The molecule has 0 saturated carbocycles. The van der Waals surface area contributed by atoms with Gasteiger partial charge in [-0.3, -0.25) is 0 Å². The van der Waals surface area contributed by atoms with Gasteiger partial charge in [0.25, 0.3) is 0 Å². The summed E-state index contributed by atoms with van der Waals surface area (Å²) in [6.07, 6.45) is 55.1. The van der Waals surface area contributed by atoms with Crippen LogP contribution in [0.25, 0.3) is 0 Å². The number of carbonyl (C=O) groups excluding carboxylic acids is 2. The summed E-state index contributed by atoms with van der Waals surface area (Å²) >= 11 is -0.550. The molecule has 0 amide bonds. The summed E-state index contributed by atoms with van der Waals surface area (Å²) in [4.78, 5) is 27.2. The fraction of sp³-hybridized carbons (Fsp3) is 0.963. The van der Waals surface area contributed by atoms with Crippen LogP contribution in [-0.2, 0) is 15.7 Å². The summed E-state index contributed by atoms with van der Waals surface area (Å²) in [5.41, 5.74) is 0. The van der Waals surface area contributed by atoms with E-state index < -0.39 is 19.2 Å². The minimum atomic E-state index is -4.02. The summed E-state index contributed by atoms with van der Waals surface area (Å²) in [5.74, 6) is 2.62.